The molecule has 5 nitrogen and oxygen atoms in total. The van der Waals surface area contributed by atoms with Crippen LogP contribution in [-0.2, 0) is 6.42 Å². The van der Waals surface area contributed by atoms with Gasteiger partial charge in [0.2, 0.25) is 5.89 Å². The zero-order valence-electron chi connectivity index (χ0n) is 14.5. The Labute approximate surface area is 142 Å². The molecule has 0 saturated heterocycles. The SMILES string of the molecule is CCNC(=NCC(C)C)NCCc1coc(-c2ccc(F)cc2)n1. The van der Waals surface area contributed by atoms with Gasteiger partial charge in [0, 0.05) is 31.6 Å². The zero-order chi connectivity index (χ0) is 17.4. The largest absolute Gasteiger partial charge is 0.444 e. The van der Waals surface area contributed by atoms with Gasteiger partial charge in [-0.1, -0.05) is 13.8 Å². The van der Waals surface area contributed by atoms with Crippen LogP contribution in [-0.4, -0.2) is 30.6 Å². The number of halogens is 1. The van der Waals surface area contributed by atoms with Crippen molar-refractivity contribution in [2.75, 3.05) is 19.6 Å². The van der Waals surface area contributed by atoms with Gasteiger partial charge in [0.1, 0.15) is 12.1 Å². The molecule has 24 heavy (non-hydrogen) atoms. The molecule has 6 heteroatoms. The number of aromatic nitrogens is 1. The van der Waals surface area contributed by atoms with E-state index in [0.717, 1.165) is 36.7 Å². The minimum absolute atomic E-state index is 0.272. The fourth-order valence-corrected chi connectivity index (χ4v) is 2.07. The first-order valence-corrected chi connectivity index (χ1v) is 8.31. The molecule has 1 aromatic carbocycles. The number of nitrogens with zero attached hydrogens (tertiary/aromatic N) is 2. The monoisotopic (exact) mass is 332 g/mol. The van der Waals surface area contributed by atoms with Crippen molar-refractivity contribution in [2.24, 2.45) is 10.9 Å². The van der Waals surface area contributed by atoms with Gasteiger partial charge in [-0.3, -0.25) is 4.99 Å². The molecule has 0 aliphatic rings. The first kappa shape index (κ1) is 18.0. The van der Waals surface area contributed by atoms with Crippen molar-refractivity contribution in [3.8, 4) is 11.5 Å². The molecule has 0 unspecified atom stereocenters. The molecular weight excluding hydrogens is 307 g/mol. The van der Waals surface area contributed by atoms with E-state index in [4.69, 9.17) is 4.42 Å². The van der Waals surface area contributed by atoms with Crippen molar-refractivity contribution in [1.82, 2.24) is 15.6 Å². The van der Waals surface area contributed by atoms with Crippen LogP contribution >= 0.6 is 0 Å². The Kier molecular flexibility index (Phi) is 6.78. The van der Waals surface area contributed by atoms with Gasteiger partial charge in [-0.25, -0.2) is 9.37 Å². The topological polar surface area (TPSA) is 62.5 Å². The summed E-state index contributed by atoms with van der Waals surface area (Å²) in [6.45, 7) is 8.63. The molecule has 0 spiro atoms. The summed E-state index contributed by atoms with van der Waals surface area (Å²) >= 11 is 0. The lowest BCUT2D eigenvalue weighted by molar-refractivity contribution is 0.571. The van der Waals surface area contributed by atoms with Crippen molar-refractivity contribution < 1.29 is 8.81 Å². The highest BCUT2D eigenvalue weighted by Gasteiger charge is 2.07. The van der Waals surface area contributed by atoms with Crippen molar-refractivity contribution in [3.63, 3.8) is 0 Å². The highest BCUT2D eigenvalue weighted by molar-refractivity contribution is 5.79. The van der Waals surface area contributed by atoms with E-state index in [1.54, 1.807) is 18.4 Å². The van der Waals surface area contributed by atoms with Crippen LogP contribution in [0.4, 0.5) is 4.39 Å². The average molecular weight is 332 g/mol. The molecule has 0 amide bonds. The van der Waals surface area contributed by atoms with Gasteiger partial charge in [-0.2, -0.15) is 0 Å². The summed E-state index contributed by atoms with van der Waals surface area (Å²) in [5, 5.41) is 6.51. The number of guanidine groups is 1. The van der Waals surface area contributed by atoms with Gasteiger partial charge < -0.3 is 15.1 Å². The van der Waals surface area contributed by atoms with Crippen molar-refractivity contribution in [1.29, 1.82) is 0 Å². The van der Waals surface area contributed by atoms with E-state index in [2.05, 4.69) is 34.5 Å². The number of benzene rings is 1. The molecular formula is C18H25FN4O. The first-order chi connectivity index (χ1) is 11.6. The van der Waals surface area contributed by atoms with E-state index in [1.165, 1.54) is 12.1 Å². The Balaban J connectivity index is 1.88. The number of hydrogen-bond acceptors (Lipinski definition) is 3. The summed E-state index contributed by atoms with van der Waals surface area (Å²) in [6.07, 6.45) is 2.36. The predicted octanol–water partition coefficient (Wildman–Crippen LogP) is 3.23. The Morgan fingerprint density at radius 3 is 2.67 bits per heavy atom. The molecule has 0 aliphatic carbocycles. The lowest BCUT2D eigenvalue weighted by Crippen LogP contribution is -2.38. The molecule has 2 rings (SSSR count). The quantitative estimate of drug-likeness (QED) is 0.603. The van der Waals surface area contributed by atoms with Gasteiger partial charge in [-0.05, 0) is 37.1 Å². The third-order valence-corrected chi connectivity index (χ3v) is 3.28. The molecule has 130 valence electrons. The van der Waals surface area contributed by atoms with Crippen LogP contribution in [0.25, 0.3) is 11.5 Å². The third-order valence-electron chi connectivity index (χ3n) is 3.28. The highest BCUT2D eigenvalue weighted by atomic mass is 19.1. The van der Waals surface area contributed by atoms with Gasteiger partial charge in [0.15, 0.2) is 5.96 Å². The summed E-state index contributed by atoms with van der Waals surface area (Å²) < 4.78 is 18.4. The fraction of sp³-hybridized carbons (Fsp3) is 0.444. The summed E-state index contributed by atoms with van der Waals surface area (Å²) in [6, 6.07) is 6.11. The van der Waals surface area contributed by atoms with Crippen molar-refractivity contribution in [2.45, 2.75) is 27.2 Å². The van der Waals surface area contributed by atoms with Crippen LogP contribution in [0.2, 0.25) is 0 Å². The zero-order valence-corrected chi connectivity index (χ0v) is 14.5. The number of hydrogen-bond donors (Lipinski definition) is 2. The van der Waals surface area contributed by atoms with Crippen LogP contribution < -0.4 is 10.6 Å². The number of oxazole rings is 1. The maximum atomic E-state index is 12.9. The minimum atomic E-state index is -0.272. The molecule has 1 heterocycles. The molecule has 0 saturated carbocycles. The van der Waals surface area contributed by atoms with Crippen molar-refractivity contribution in [3.05, 3.63) is 42.0 Å². The molecule has 2 aromatic rings. The predicted molar refractivity (Wildman–Crippen MR) is 94.4 cm³/mol. The van der Waals surface area contributed by atoms with E-state index in [-0.39, 0.29) is 5.82 Å². The van der Waals surface area contributed by atoms with Crippen LogP contribution in [0, 0.1) is 11.7 Å². The van der Waals surface area contributed by atoms with Crippen LogP contribution in [0.15, 0.2) is 39.9 Å². The standard InChI is InChI=1S/C18H25FN4O/c1-4-20-18(22-11-13(2)3)21-10-9-16-12-24-17(23-16)14-5-7-15(19)8-6-14/h5-8,12-13H,4,9-11H2,1-3H3,(H2,20,21,22). The lowest BCUT2D eigenvalue weighted by Gasteiger charge is -2.11. The maximum absolute atomic E-state index is 12.9. The van der Waals surface area contributed by atoms with E-state index in [1.807, 2.05) is 6.92 Å². The summed E-state index contributed by atoms with van der Waals surface area (Å²) in [5.74, 6) is 1.57. The molecule has 0 fully saturated rings. The van der Waals surface area contributed by atoms with Gasteiger partial charge in [0.05, 0.1) is 5.69 Å². The second-order valence-electron chi connectivity index (χ2n) is 5.94. The smallest absolute Gasteiger partial charge is 0.226 e. The van der Waals surface area contributed by atoms with E-state index < -0.39 is 0 Å². The van der Waals surface area contributed by atoms with Gasteiger partial charge in [0.25, 0.3) is 0 Å². The van der Waals surface area contributed by atoms with E-state index >= 15 is 0 Å². The van der Waals surface area contributed by atoms with Crippen LogP contribution in [0.3, 0.4) is 0 Å². The Morgan fingerprint density at radius 2 is 2.00 bits per heavy atom. The Morgan fingerprint density at radius 1 is 1.25 bits per heavy atom. The molecule has 0 radical (unpaired) electrons. The number of aliphatic imine (C=N–C) groups is 1. The van der Waals surface area contributed by atoms with Gasteiger partial charge >= 0.3 is 0 Å². The van der Waals surface area contributed by atoms with Crippen LogP contribution in [0.1, 0.15) is 26.5 Å². The van der Waals surface area contributed by atoms with Crippen LogP contribution in [0.5, 0.6) is 0 Å². The Bertz CT molecular complexity index is 649. The molecule has 1 aromatic heterocycles. The fourth-order valence-electron chi connectivity index (χ4n) is 2.07. The maximum Gasteiger partial charge on any atom is 0.226 e. The second-order valence-corrected chi connectivity index (χ2v) is 5.94. The second kappa shape index (κ2) is 9.05. The molecule has 0 bridgehead atoms. The summed E-state index contributed by atoms with van der Waals surface area (Å²) in [7, 11) is 0. The first-order valence-electron chi connectivity index (χ1n) is 8.31. The molecule has 2 N–H and O–H groups in total. The van der Waals surface area contributed by atoms with E-state index in [0.29, 0.717) is 18.4 Å². The average Bonchev–Trinajstić information content (AvgIpc) is 3.02. The Hall–Kier alpha value is -2.37. The lowest BCUT2D eigenvalue weighted by atomic mass is 10.2. The summed E-state index contributed by atoms with van der Waals surface area (Å²) in [4.78, 5) is 8.96. The third kappa shape index (κ3) is 5.68. The molecule has 0 atom stereocenters. The summed E-state index contributed by atoms with van der Waals surface area (Å²) in [5.41, 5.74) is 1.61. The van der Waals surface area contributed by atoms with Crippen molar-refractivity contribution >= 4 is 5.96 Å². The van der Waals surface area contributed by atoms with E-state index in [9.17, 15) is 4.39 Å². The number of nitrogens with one attached hydrogen (secondary N) is 2. The number of rotatable bonds is 7. The van der Waals surface area contributed by atoms with Gasteiger partial charge in [-0.15, -0.1) is 0 Å². The minimum Gasteiger partial charge on any atom is -0.444 e. The highest BCUT2D eigenvalue weighted by Crippen LogP contribution is 2.18. The normalized spacial score (nSPS) is 11.8. The molecule has 0 aliphatic heterocycles.